The SMILES string of the molecule is COC(=O)C1CCN(CC(O)COc2cccc(C(C)=O)c2)CC1. The number of aliphatic hydroxyl groups is 1. The molecule has 1 saturated heterocycles. The Morgan fingerprint density at radius 2 is 2.04 bits per heavy atom. The number of nitrogens with zero attached hydrogens (tertiary/aromatic N) is 1. The maximum atomic E-state index is 11.5. The van der Waals surface area contributed by atoms with Gasteiger partial charge in [-0.2, -0.15) is 0 Å². The van der Waals surface area contributed by atoms with Gasteiger partial charge in [0.2, 0.25) is 0 Å². The van der Waals surface area contributed by atoms with Crippen molar-refractivity contribution in [3.05, 3.63) is 29.8 Å². The van der Waals surface area contributed by atoms with Crippen LogP contribution in [0.1, 0.15) is 30.1 Å². The van der Waals surface area contributed by atoms with Crippen LogP contribution in [0.2, 0.25) is 0 Å². The van der Waals surface area contributed by atoms with Crippen LogP contribution in [-0.2, 0) is 9.53 Å². The lowest BCUT2D eigenvalue weighted by atomic mass is 9.97. The molecule has 1 atom stereocenters. The number of esters is 1. The number of carbonyl (C=O) groups excluding carboxylic acids is 2. The molecule has 0 bridgehead atoms. The van der Waals surface area contributed by atoms with E-state index in [1.807, 2.05) is 0 Å². The molecular weight excluding hydrogens is 310 g/mol. The van der Waals surface area contributed by atoms with Gasteiger partial charge in [0.15, 0.2) is 5.78 Å². The molecule has 1 unspecified atom stereocenters. The Labute approximate surface area is 142 Å². The Morgan fingerprint density at radius 1 is 1.33 bits per heavy atom. The van der Waals surface area contributed by atoms with Gasteiger partial charge >= 0.3 is 5.97 Å². The molecule has 6 nitrogen and oxygen atoms in total. The molecule has 0 saturated carbocycles. The number of ketones is 1. The molecule has 1 heterocycles. The van der Waals surface area contributed by atoms with Gasteiger partial charge in [-0.1, -0.05) is 12.1 Å². The first-order chi connectivity index (χ1) is 11.5. The van der Waals surface area contributed by atoms with Gasteiger partial charge in [0.25, 0.3) is 0 Å². The molecule has 0 spiro atoms. The highest BCUT2D eigenvalue weighted by Gasteiger charge is 2.26. The minimum absolute atomic E-state index is 0.0190. The maximum Gasteiger partial charge on any atom is 0.308 e. The highest BCUT2D eigenvalue weighted by molar-refractivity contribution is 5.94. The summed E-state index contributed by atoms with van der Waals surface area (Å²) in [6.07, 6.45) is 0.877. The van der Waals surface area contributed by atoms with Crippen LogP contribution < -0.4 is 4.74 Å². The Bertz CT molecular complexity index is 566. The number of benzene rings is 1. The summed E-state index contributed by atoms with van der Waals surface area (Å²) in [6, 6.07) is 6.94. The van der Waals surface area contributed by atoms with E-state index in [0.29, 0.717) is 17.9 Å². The van der Waals surface area contributed by atoms with Gasteiger partial charge < -0.3 is 19.5 Å². The van der Waals surface area contributed by atoms with Gasteiger partial charge in [0.05, 0.1) is 13.0 Å². The minimum Gasteiger partial charge on any atom is -0.491 e. The average molecular weight is 335 g/mol. The summed E-state index contributed by atoms with van der Waals surface area (Å²) in [7, 11) is 1.41. The predicted octanol–water partition coefficient (Wildman–Crippen LogP) is 1.51. The van der Waals surface area contributed by atoms with Crippen LogP contribution in [0.25, 0.3) is 0 Å². The fourth-order valence-electron chi connectivity index (χ4n) is 2.87. The molecule has 0 aromatic heterocycles. The van der Waals surface area contributed by atoms with Gasteiger partial charge in [-0.25, -0.2) is 0 Å². The molecule has 1 aliphatic rings. The number of methoxy groups -OCH3 is 1. The fourth-order valence-corrected chi connectivity index (χ4v) is 2.87. The predicted molar refractivity (Wildman–Crippen MR) is 89.1 cm³/mol. The van der Waals surface area contributed by atoms with Gasteiger partial charge in [0, 0.05) is 12.1 Å². The van der Waals surface area contributed by atoms with Crippen LogP contribution in [0.3, 0.4) is 0 Å². The second kappa shape index (κ2) is 8.80. The molecule has 1 aromatic carbocycles. The van der Waals surface area contributed by atoms with E-state index in [1.54, 1.807) is 24.3 Å². The van der Waals surface area contributed by atoms with Crippen LogP contribution in [0.15, 0.2) is 24.3 Å². The van der Waals surface area contributed by atoms with E-state index in [2.05, 4.69) is 4.90 Å². The van der Waals surface area contributed by atoms with E-state index >= 15 is 0 Å². The molecule has 132 valence electrons. The highest BCUT2D eigenvalue weighted by Crippen LogP contribution is 2.19. The lowest BCUT2D eigenvalue weighted by Gasteiger charge is -2.31. The monoisotopic (exact) mass is 335 g/mol. The van der Waals surface area contributed by atoms with Crippen molar-refractivity contribution in [2.75, 3.05) is 33.4 Å². The number of likely N-dealkylation sites (tertiary alicyclic amines) is 1. The third kappa shape index (κ3) is 5.32. The Kier molecular flexibility index (Phi) is 6.75. The maximum absolute atomic E-state index is 11.5. The van der Waals surface area contributed by atoms with E-state index in [4.69, 9.17) is 9.47 Å². The van der Waals surface area contributed by atoms with Crippen LogP contribution in [0.4, 0.5) is 0 Å². The van der Waals surface area contributed by atoms with Gasteiger partial charge in [-0.15, -0.1) is 0 Å². The molecule has 2 rings (SSSR count). The van der Waals surface area contributed by atoms with Crippen molar-refractivity contribution in [1.82, 2.24) is 4.90 Å². The standard InChI is InChI=1S/C18H25NO5/c1-13(20)15-4-3-5-17(10-15)24-12-16(21)11-19-8-6-14(7-9-19)18(22)23-2/h3-5,10,14,16,21H,6-9,11-12H2,1-2H3. The van der Waals surface area contributed by atoms with Crippen molar-refractivity contribution < 1.29 is 24.2 Å². The summed E-state index contributed by atoms with van der Waals surface area (Å²) >= 11 is 0. The van der Waals surface area contributed by atoms with Crippen LogP contribution in [0, 0.1) is 5.92 Å². The lowest BCUT2D eigenvalue weighted by Crippen LogP contribution is -2.42. The lowest BCUT2D eigenvalue weighted by molar-refractivity contribution is -0.147. The molecule has 0 aliphatic carbocycles. The number of β-amino-alcohol motifs (C(OH)–C–C–N with tert-alkyl or cyclic N) is 1. The zero-order valence-corrected chi connectivity index (χ0v) is 14.2. The highest BCUT2D eigenvalue weighted by atomic mass is 16.5. The summed E-state index contributed by atoms with van der Waals surface area (Å²) in [5, 5.41) is 10.1. The first-order valence-electron chi connectivity index (χ1n) is 8.21. The quantitative estimate of drug-likeness (QED) is 0.601. The smallest absolute Gasteiger partial charge is 0.308 e. The van der Waals surface area contributed by atoms with Gasteiger partial charge in [-0.05, 0) is 45.0 Å². The number of hydrogen-bond donors (Lipinski definition) is 1. The summed E-state index contributed by atoms with van der Waals surface area (Å²) < 4.78 is 10.3. The van der Waals surface area contributed by atoms with Crippen molar-refractivity contribution in [1.29, 1.82) is 0 Å². The van der Waals surface area contributed by atoms with Crippen LogP contribution in [0.5, 0.6) is 5.75 Å². The third-order valence-electron chi connectivity index (χ3n) is 4.27. The first-order valence-corrected chi connectivity index (χ1v) is 8.21. The number of Topliss-reactive ketones (excluding diaryl/α,β-unsaturated/α-hetero) is 1. The Balaban J connectivity index is 1.74. The topological polar surface area (TPSA) is 76.1 Å². The number of rotatable bonds is 7. The van der Waals surface area contributed by atoms with Crippen molar-refractivity contribution in [3.63, 3.8) is 0 Å². The van der Waals surface area contributed by atoms with E-state index in [0.717, 1.165) is 25.9 Å². The molecule has 0 radical (unpaired) electrons. The Hall–Kier alpha value is -1.92. The molecule has 24 heavy (non-hydrogen) atoms. The zero-order valence-electron chi connectivity index (χ0n) is 14.2. The summed E-state index contributed by atoms with van der Waals surface area (Å²) in [5.41, 5.74) is 0.590. The normalized spacial score (nSPS) is 17.3. The number of piperidine rings is 1. The molecule has 6 heteroatoms. The molecule has 1 N–H and O–H groups in total. The third-order valence-corrected chi connectivity index (χ3v) is 4.27. The average Bonchev–Trinajstić information content (AvgIpc) is 2.60. The van der Waals surface area contributed by atoms with E-state index in [9.17, 15) is 14.7 Å². The van der Waals surface area contributed by atoms with Gasteiger partial charge in [-0.3, -0.25) is 9.59 Å². The van der Waals surface area contributed by atoms with Crippen LogP contribution >= 0.6 is 0 Å². The number of aliphatic hydroxyl groups excluding tert-OH is 1. The minimum atomic E-state index is -0.624. The van der Waals surface area contributed by atoms with E-state index < -0.39 is 6.10 Å². The van der Waals surface area contributed by atoms with E-state index in [1.165, 1.54) is 14.0 Å². The number of ether oxygens (including phenoxy) is 2. The second-order valence-electron chi connectivity index (χ2n) is 6.15. The molecule has 1 aromatic rings. The first kappa shape index (κ1) is 18.4. The van der Waals surface area contributed by atoms with E-state index in [-0.39, 0.29) is 24.3 Å². The van der Waals surface area contributed by atoms with Gasteiger partial charge in [0.1, 0.15) is 18.5 Å². The Morgan fingerprint density at radius 3 is 2.67 bits per heavy atom. The molecular formula is C18H25NO5. The van der Waals surface area contributed by atoms with Crippen molar-refractivity contribution in [3.8, 4) is 5.75 Å². The zero-order chi connectivity index (χ0) is 17.5. The second-order valence-corrected chi connectivity index (χ2v) is 6.15. The molecule has 1 aliphatic heterocycles. The number of hydrogen-bond acceptors (Lipinski definition) is 6. The van der Waals surface area contributed by atoms with Crippen molar-refractivity contribution in [2.24, 2.45) is 5.92 Å². The largest absolute Gasteiger partial charge is 0.491 e. The molecule has 0 amide bonds. The summed E-state index contributed by atoms with van der Waals surface area (Å²) in [4.78, 5) is 25.0. The summed E-state index contributed by atoms with van der Waals surface area (Å²) in [6.45, 7) is 3.69. The fraction of sp³-hybridized carbons (Fsp3) is 0.556. The van der Waals surface area contributed by atoms with Crippen molar-refractivity contribution in [2.45, 2.75) is 25.9 Å². The molecule has 1 fully saturated rings. The number of carbonyl (C=O) groups is 2. The summed E-state index contributed by atoms with van der Waals surface area (Å²) in [5.74, 6) is 0.374. The van der Waals surface area contributed by atoms with Crippen molar-refractivity contribution >= 4 is 11.8 Å². The van der Waals surface area contributed by atoms with Crippen LogP contribution in [-0.4, -0.2) is 61.2 Å².